The van der Waals surface area contributed by atoms with Crippen LogP contribution in [-0.2, 0) is 16.0 Å². The fraction of sp³-hybridized carbons (Fsp3) is 0.667. The van der Waals surface area contributed by atoms with Gasteiger partial charge >= 0.3 is 0 Å². The second kappa shape index (κ2) is 10.8. The predicted molar refractivity (Wildman–Crippen MR) is 93.7 cm³/mol. The van der Waals surface area contributed by atoms with Crippen LogP contribution in [0.5, 0.6) is 5.75 Å². The third kappa shape index (κ3) is 5.88. The Morgan fingerprint density at radius 3 is 2.42 bits per heavy atom. The van der Waals surface area contributed by atoms with E-state index in [1.165, 1.54) is 0 Å². The van der Waals surface area contributed by atoms with Crippen LogP contribution in [0.1, 0.15) is 18.9 Å². The molecule has 1 aromatic carbocycles. The van der Waals surface area contributed by atoms with Crippen LogP contribution in [0.3, 0.4) is 0 Å². The quantitative estimate of drug-likeness (QED) is 0.345. The number of aliphatic hydroxyl groups excluding tert-OH is 4. The average molecular weight is 371 g/mol. The maximum atomic E-state index is 9.98. The van der Waals surface area contributed by atoms with Crippen LogP contribution in [0.4, 0.5) is 0 Å². The molecular formula is C18H29NO7. The maximum Gasteiger partial charge on any atom is 0.229 e. The monoisotopic (exact) mass is 371 g/mol. The van der Waals surface area contributed by atoms with Gasteiger partial charge in [0.15, 0.2) is 0 Å². The Morgan fingerprint density at radius 2 is 1.77 bits per heavy atom. The Labute approximate surface area is 153 Å². The minimum Gasteiger partial charge on any atom is -0.462 e. The zero-order valence-corrected chi connectivity index (χ0v) is 15.0. The Bertz CT molecular complexity index is 511. The molecule has 5 unspecified atom stereocenters. The van der Waals surface area contributed by atoms with Crippen molar-refractivity contribution in [2.24, 2.45) is 0 Å². The van der Waals surface area contributed by atoms with Gasteiger partial charge in [-0.25, -0.2) is 0 Å². The number of rotatable bonds is 10. The lowest BCUT2D eigenvalue weighted by Gasteiger charge is -2.39. The number of ether oxygens (including phenoxy) is 3. The Hall–Kier alpha value is -1.26. The van der Waals surface area contributed by atoms with E-state index in [1.807, 2.05) is 12.1 Å². The number of hydrogen-bond donors (Lipinski definition) is 5. The molecule has 1 aliphatic heterocycles. The number of aliphatic hydroxyl groups is 4. The van der Waals surface area contributed by atoms with Gasteiger partial charge in [-0.2, -0.15) is 0 Å². The van der Waals surface area contributed by atoms with Crippen molar-refractivity contribution in [3.8, 4) is 5.75 Å². The van der Waals surface area contributed by atoms with Crippen molar-refractivity contribution in [3.05, 3.63) is 29.8 Å². The molecule has 0 amide bonds. The van der Waals surface area contributed by atoms with E-state index >= 15 is 0 Å². The topological polar surface area (TPSA) is 121 Å². The molecule has 0 saturated carbocycles. The molecule has 5 N–H and O–H groups in total. The van der Waals surface area contributed by atoms with Gasteiger partial charge in [-0.15, -0.1) is 0 Å². The van der Waals surface area contributed by atoms with E-state index in [0.717, 1.165) is 25.1 Å². The van der Waals surface area contributed by atoms with Crippen LogP contribution in [0.25, 0.3) is 0 Å². The minimum absolute atomic E-state index is 0.448. The fourth-order valence-electron chi connectivity index (χ4n) is 2.61. The zero-order valence-electron chi connectivity index (χ0n) is 15.0. The SMILES string of the molecule is CCCOCCNCc1ccc(OC2OC(CO)C(O)C(O)C2O)cc1. The second-order valence-electron chi connectivity index (χ2n) is 6.25. The van der Waals surface area contributed by atoms with Gasteiger partial charge in [0, 0.05) is 19.7 Å². The van der Waals surface area contributed by atoms with Crippen LogP contribution < -0.4 is 10.1 Å². The average Bonchev–Trinajstić information content (AvgIpc) is 2.66. The zero-order chi connectivity index (χ0) is 18.9. The van der Waals surface area contributed by atoms with Gasteiger partial charge in [0.1, 0.15) is 30.2 Å². The summed E-state index contributed by atoms with van der Waals surface area (Å²) in [7, 11) is 0. The largest absolute Gasteiger partial charge is 0.462 e. The molecule has 1 saturated heterocycles. The van der Waals surface area contributed by atoms with E-state index in [4.69, 9.17) is 14.2 Å². The normalized spacial score (nSPS) is 28.9. The predicted octanol–water partition coefficient (Wildman–Crippen LogP) is -0.618. The highest BCUT2D eigenvalue weighted by Gasteiger charge is 2.44. The molecule has 1 heterocycles. The third-order valence-corrected chi connectivity index (χ3v) is 4.12. The van der Waals surface area contributed by atoms with E-state index in [1.54, 1.807) is 12.1 Å². The molecule has 0 radical (unpaired) electrons. The molecule has 0 aromatic heterocycles. The molecule has 0 bridgehead atoms. The Balaban J connectivity index is 1.81. The first-order valence-corrected chi connectivity index (χ1v) is 8.91. The summed E-state index contributed by atoms with van der Waals surface area (Å²) < 4.78 is 16.3. The van der Waals surface area contributed by atoms with E-state index in [-0.39, 0.29) is 0 Å². The standard InChI is InChI=1S/C18H29NO7/c1-2-8-24-9-7-19-10-12-3-5-13(6-4-12)25-18-17(23)16(22)15(21)14(11-20)26-18/h3-6,14-23H,2,7-11H2,1H3. The first-order chi connectivity index (χ1) is 12.6. The summed E-state index contributed by atoms with van der Waals surface area (Å²) in [6.07, 6.45) is -5.43. The third-order valence-electron chi connectivity index (χ3n) is 4.12. The minimum atomic E-state index is -1.45. The van der Waals surface area contributed by atoms with Crippen molar-refractivity contribution < 1.29 is 34.6 Å². The van der Waals surface area contributed by atoms with Gasteiger partial charge in [0.05, 0.1) is 13.2 Å². The van der Waals surface area contributed by atoms with Gasteiger partial charge in [-0.3, -0.25) is 0 Å². The molecule has 2 rings (SSSR count). The molecule has 148 valence electrons. The summed E-state index contributed by atoms with van der Waals surface area (Å²) in [5.74, 6) is 0.448. The molecule has 8 heteroatoms. The summed E-state index contributed by atoms with van der Waals surface area (Å²) in [6.45, 7) is 4.48. The lowest BCUT2D eigenvalue weighted by molar-refractivity contribution is -0.277. The number of nitrogens with one attached hydrogen (secondary N) is 1. The van der Waals surface area contributed by atoms with Crippen molar-refractivity contribution in [3.63, 3.8) is 0 Å². The highest BCUT2D eigenvalue weighted by molar-refractivity contribution is 5.27. The summed E-state index contributed by atoms with van der Waals surface area (Å²) in [5.41, 5.74) is 1.06. The van der Waals surface area contributed by atoms with Crippen LogP contribution >= 0.6 is 0 Å². The molecule has 1 aliphatic rings. The first-order valence-electron chi connectivity index (χ1n) is 8.91. The second-order valence-corrected chi connectivity index (χ2v) is 6.25. The van der Waals surface area contributed by atoms with Crippen molar-refractivity contribution in [2.45, 2.75) is 50.6 Å². The summed E-state index contributed by atoms with van der Waals surface area (Å²) in [6, 6.07) is 7.20. The van der Waals surface area contributed by atoms with Crippen LogP contribution in [0, 0.1) is 0 Å². The summed E-state index contributed by atoms with van der Waals surface area (Å²) >= 11 is 0. The molecule has 8 nitrogen and oxygen atoms in total. The van der Waals surface area contributed by atoms with Crippen molar-refractivity contribution in [2.75, 3.05) is 26.4 Å². The number of benzene rings is 1. The van der Waals surface area contributed by atoms with Crippen LogP contribution in [0.15, 0.2) is 24.3 Å². The molecule has 0 spiro atoms. The molecule has 26 heavy (non-hydrogen) atoms. The maximum absolute atomic E-state index is 9.98. The van der Waals surface area contributed by atoms with E-state index in [0.29, 0.717) is 18.9 Å². The Morgan fingerprint density at radius 1 is 1.04 bits per heavy atom. The smallest absolute Gasteiger partial charge is 0.229 e. The molecular weight excluding hydrogens is 342 g/mol. The van der Waals surface area contributed by atoms with Gasteiger partial charge < -0.3 is 40.0 Å². The first kappa shape index (κ1) is 21.0. The van der Waals surface area contributed by atoms with E-state index in [9.17, 15) is 20.4 Å². The van der Waals surface area contributed by atoms with Gasteiger partial charge in [0.2, 0.25) is 6.29 Å². The molecule has 5 atom stereocenters. The highest BCUT2D eigenvalue weighted by atomic mass is 16.7. The summed E-state index contributed by atoms with van der Waals surface area (Å²) in [5, 5.41) is 42.0. The lowest BCUT2D eigenvalue weighted by Crippen LogP contribution is -2.60. The molecule has 1 fully saturated rings. The molecule has 1 aromatic rings. The Kier molecular flexibility index (Phi) is 8.73. The van der Waals surface area contributed by atoms with Crippen molar-refractivity contribution >= 4 is 0 Å². The number of hydrogen-bond acceptors (Lipinski definition) is 8. The van der Waals surface area contributed by atoms with Gasteiger partial charge in [-0.05, 0) is 24.1 Å². The van der Waals surface area contributed by atoms with Gasteiger partial charge in [-0.1, -0.05) is 19.1 Å². The highest BCUT2D eigenvalue weighted by Crippen LogP contribution is 2.24. The summed E-state index contributed by atoms with van der Waals surface area (Å²) in [4.78, 5) is 0. The lowest BCUT2D eigenvalue weighted by atomic mass is 9.99. The molecule has 0 aliphatic carbocycles. The van der Waals surface area contributed by atoms with E-state index in [2.05, 4.69) is 12.2 Å². The van der Waals surface area contributed by atoms with Crippen LogP contribution in [-0.4, -0.2) is 77.5 Å². The van der Waals surface area contributed by atoms with Crippen molar-refractivity contribution in [1.29, 1.82) is 0 Å². The van der Waals surface area contributed by atoms with E-state index < -0.39 is 37.3 Å². The van der Waals surface area contributed by atoms with Gasteiger partial charge in [0.25, 0.3) is 0 Å². The fourth-order valence-corrected chi connectivity index (χ4v) is 2.61. The van der Waals surface area contributed by atoms with Crippen molar-refractivity contribution in [1.82, 2.24) is 5.32 Å². The van der Waals surface area contributed by atoms with Crippen LogP contribution in [0.2, 0.25) is 0 Å².